The van der Waals surface area contributed by atoms with Crippen LogP contribution in [0.4, 0.5) is 11.4 Å². The third-order valence-corrected chi connectivity index (χ3v) is 5.10. The Kier molecular flexibility index (Phi) is 5.53. The van der Waals surface area contributed by atoms with Gasteiger partial charge in [0, 0.05) is 18.4 Å². The minimum atomic E-state index is 0.955. The van der Waals surface area contributed by atoms with Crippen molar-refractivity contribution in [1.29, 1.82) is 0 Å². The summed E-state index contributed by atoms with van der Waals surface area (Å²) in [5.41, 5.74) is 7.77. The molecule has 0 saturated carbocycles. The monoisotopic (exact) mass is 363 g/mol. The molecule has 1 heteroatoms. The normalized spacial score (nSPS) is 10.6. The molecule has 138 valence electrons. The van der Waals surface area contributed by atoms with Crippen molar-refractivity contribution in [2.75, 3.05) is 11.9 Å². The Morgan fingerprint density at radius 2 is 0.857 bits per heavy atom. The lowest BCUT2D eigenvalue weighted by Crippen LogP contribution is -2.10. The van der Waals surface area contributed by atoms with E-state index >= 15 is 0 Å². The number of nitrogens with zero attached hydrogens (tertiary/aromatic N) is 1. The van der Waals surface area contributed by atoms with Crippen molar-refractivity contribution in [3.63, 3.8) is 0 Å². The highest BCUT2D eigenvalue weighted by Gasteiger charge is 2.07. The van der Waals surface area contributed by atoms with E-state index in [9.17, 15) is 0 Å². The molecule has 0 fully saturated rings. The summed E-state index contributed by atoms with van der Waals surface area (Å²) in [6.45, 7) is 0. The largest absolute Gasteiger partial charge is 0.345 e. The van der Waals surface area contributed by atoms with Gasteiger partial charge >= 0.3 is 0 Å². The Bertz CT molecular complexity index is 937. The molecule has 0 aromatic heterocycles. The van der Waals surface area contributed by atoms with Crippen molar-refractivity contribution in [2.45, 2.75) is 12.8 Å². The second-order valence-electron chi connectivity index (χ2n) is 7.22. The van der Waals surface area contributed by atoms with Gasteiger partial charge in [0.25, 0.3) is 0 Å². The highest BCUT2D eigenvalue weighted by Crippen LogP contribution is 2.26. The summed E-state index contributed by atoms with van der Waals surface area (Å²) in [5, 5.41) is 0. The lowest BCUT2D eigenvalue weighted by atomic mass is 10.0. The van der Waals surface area contributed by atoms with Crippen molar-refractivity contribution in [2.24, 2.45) is 0 Å². The zero-order valence-corrected chi connectivity index (χ0v) is 16.3. The van der Waals surface area contributed by atoms with Crippen LogP contribution in [0.5, 0.6) is 0 Å². The zero-order valence-electron chi connectivity index (χ0n) is 16.3. The molecule has 0 amide bonds. The van der Waals surface area contributed by atoms with Crippen LogP contribution in [0.2, 0.25) is 0 Å². The Morgan fingerprint density at radius 1 is 0.464 bits per heavy atom. The first-order chi connectivity index (χ1) is 13.8. The van der Waals surface area contributed by atoms with Crippen molar-refractivity contribution in [3.8, 4) is 0 Å². The van der Waals surface area contributed by atoms with E-state index in [1.807, 2.05) is 0 Å². The zero-order chi connectivity index (χ0) is 19.2. The number of anilines is 2. The van der Waals surface area contributed by atoms with Crippen LogP contribution in [0, 0.1) is 0 Å². The number of hydrogen-bond acceptors (Lipinski definition) is 1. The Hall–Kier alpha value is -3.32. The summed E-state index contributed by atoms with van der Waals surface area (Å²) in [5.74, 6) is 0. The van der Waals surface area contributed by atoms with Crippen LogP contribution < -0.4 is 4.90 Å². The van der Waals surface area contributed by atoms with E-state index in [0.717, 1.165) is 12.8 Å². The molecule has 4 aromatic carbocycles. The molecule has 0 saturated heterocycles. The van der Waals surface area contributed by atoms with Gasteiger partial charge in [-0.05, 0) is 59.4 Å². The van der Waals surface area contributed by atoms with E-state index < -0.39 is 0 Å². The van der Waals surface area contributed by atoms with Crippen LogP contribution in [-0.2, 0) is 12.8 Å². The van der Waals surface area contributed by atoms with E-state index in [4.69, 9.17) is 0 Å². The molecular weight excluding hydrogens is 338 g/mol. The summed E-state index contributed by atoms with van der Waals surface area (Å²) in [7, 11) is 2.14. The summed E-state index contributed by atoms with van der Waals surface area (Å²) in [4.78, 5) is 2.27. The van der Waals surface area contributed by atoms with Crippen LogP contribution >= 0.6 is 0 Å². The van der Waals surface area contributed by atoms with Gasteiger partial charge in [-0.3, -0.25) is 0 Å². The smallest absolute Gasteiger partial charge is 0.0410 e. The quantitative estimate of drug-likeness (QED) is 0.371. The van der Waals surface area contributed by atoms with Crippen molar-refractivity contribution in [3.05, 3.63) is 131 Å². The molecule has 0 spiro atoms. The average Bonchev–Trinajstić information content (AvgIpc) is 2.75. The predicted molar refractivity (Wildman–Crippen MR) is 119 cm³/mol. The summed E-state index contributed by atoms with van der Waals surface area (Å²) in [6, 6.07) is 38.9. The molecule has 0 radical (unpaired) electrons. The van der Waals surface area contributed by atoms with Gasteiger partial charge in [-0.25, -0.2) is 0 Å². The van der Waals surface area contributed by atoms with Gasteiger partial charge in [-0.2, -0.15) is 0 Å². The summed E-state index contributed by atoms with van der Waals surface area (Å²) in [6.07, 6.45) is 1.91. The molecule has 0 aliphatic rings. The molecule has 0 N–H and O–H groups in total. The standard InChI is InChI=1S/C27H25N/c1-28(26-16-8-14-24(20-26)18-22-10-4-2-5-11-22)27-17-9-15-25(21-27)19-23-12-6-3-7-13-23/h2-17,20-21H,18-19H2,1H3. The molecule has 0 aliphatic heterocycles. The first-order valence-electron chi connectivity index (χ1n) is 9.77. The SMILES string of the molecule is CN(c1cccc(Cc2ccccc2)c1)c1cccc(Cc2ccccc2)c1. The first kappa shape index (κ1) is 18.1. The maximum atomic E-state index is 2.29. The molecule has 0 heterocycles. The topological polar surface area (TPSA) is 3.24 Å². The van der Waals surface area contributed by atoms with Gasteiger partial charge in [-0.1, -0.05) is 84.9 Å². The fraction of sp³-hybridized carbons (Fsp3) is 0.111. The van der Waals surface area contributed by atoms with Crippen molar-refractivity contribution in [1.82, 2.24) is 0 Å². The number of rotatable bonds is 6. The summed E-state index contributed by atoms with van der Waals surface area (Å²) < 4.78 is 0. The van der Waals surface area contributed by atoms with Gasteiger partial charge < -0.3 is 4.90 Å². The van der Waals surface area contributed by atoms with Gasteiger partial charge in [0.1, 0.15) is 0 Å². The van der Waals surface area contributed by atoms with Gasteiger partial charge in [-0.15, -0.1) is 0 Å². The predicted octanol–water partition coefficient (Wildman–Crippen LogP) is 6.64. The van der Waals surface area contributed by atoms with E-state index in [1.165, 1.54) is 33.6 Å². The lowest BCUT2D eigenvalue weighted by Gasteiger charge is -2.21. The minimum absolute atomic E-state index is 0.955. The first-order valence-corrected chi connectivity index (χ1v) is 9.77. The maximum absolute atomic E-state index is 2.29. The minimum Gasteiger partial charge on any atom is -0.345 e. The van der Waals surface area contributed by atoms with E-state index in [0.29, 0.717) is 0 Å². The second-order valence-corrected chi connectivity index (χ2v) is 7.22. The third kappa shape index (κ3) is 4.50. The number of hydrogen-bond donors (Lipinski definition) is 0. The Labute approximate surface area is 167 Å². The van der Waals surface area contributed by atoms with Crippen LogP contribution in [0.3, 0.4) is 0 Å². The van der Waals surface area contributed by atoms with Crippen LogP contribution in [-0.4, -0.2) is 7.05 Å². The number of benzene rings is 4. The van der Waals surface area contributed by atoms with Crippen LogP contribution in [0.15, 0.2) is 109 Å². The van der Waals surface area contributed by atoms with Crippen molar-refractivity contribution < 1.29 is 0 Å². The highest BCUT2D eigenvalue weighted by molar-refractivity contribution is 5.64. The molecule has 0 aliphatic carbocycles. The lowest BCUT2D eigenvalue weighted by molar-refractivity contribution is 1.14. The molecule has 4 rings (SSSR count). The molecule has 4 aromatic rings. The fourth-order valence-corrected chi connectivity index (χ4v) is 3.56. The van der Waals surface area contributed by atoms with E-state index in [2.05, 4.69) is 121 Å². The van der Waals surface area contributed by atoms with E-state index in [-0.39, 0.29) is 0 Å². The maximum Gasteiger partial charge on any atom is 0.0410 e. The molecule has 0 bridgehead atoms. The van der Waals surface area contributed by atoms with Gasteiger partial charge in [0.05, 0.1) is 0 Å². The molecule has 0 unspecified atom stereocenters. The van der Waals surface area contributed by atoms with Crippen LogP contribution in [0.1, 0.15) is 22.3 Å². The third-order valence-electron chi connectivity index (χ3n) is 5.10. The molecule has 28 heavy (non-hydrogen) atoms. The molecule has 0 atom stereocenters. The molecule has 1 nitrogen and oxygen atoms in total. The highest BCUT2D eigenvalue weighted by atomic mass is 15.1. The average molecular weight is 364 g/mol. The second kappa shape index (κ2) is 8.58. The Balaban J connectivity index is 1.53. The van der Waals surface area contributed by atoms with Crippen molar-refractivity contribution >= 4 is 11.4 Å². The van der Waals surface area contributed by atoms with Crippen LogP contribution in [0.25, 0.3) is 0 Å². The van der Waals surface area contributed by atoms with Gasteiger partial charge in [0.2, 0.25) is 0 Å². The fourth-order valence-electron chi connectivity index (χ4n) is 3.56. The van der Waals surface area contributed by atoms with Gasteiger partial charge in [0.15, 0.2) is 0 Å². The van der Waals surface area contributed by atoms with E-state index in [1.54, 1.807) is 0 Å². The Morgan fingerprint density at radius 3 is 1.29 bits per heavy atom. The summed E-state index contributed by atoms with van der Waals surface area (Å²) >= 11 is 0. The molecular formula is C27H25N.